The zero-order valence-electron chi connectivity index (χ0n) is 17.5. The van der Waals surface area contributed by atoms with E-state index in [1.54, 1.807) is 12.1 Å². The summed E-state index contributed by atoms with van der Waals surface area (Å²) < 4.78 is 11.3. The average Bonchev–Trinajstić information content (AvgIpc) is 2.80. The molecule has 1 atom stereocenters. The van der Waals surface area contributed by atoms with Gasteiger partial charge in [0.2, 0.25) is 0 Å². The van der Waals surface area contributed by atoms with Gasteiger partial charge >= 0.3 is 0 Å². The van der Waals surface area contributed by atoms with E-state index in [0.717, 1.165) is 23.1 Å². The molecule has 5 nitrogen and oxygen atoms in total. The third-order valence-electron chi connectivity index (χ3n) is 4.59. The van der Waals surface area contributed by atoms with Crippen LogP contribution in [0.25, 0.3) is 11.1 Å². The molecule has 0 aromatic heterocycles. The quantitative estimate of drug-likeness (QED) is 0.345. The van der Waals surface area contributed by atoms with Crippen LogP contribution in [0, 0.1) is 0 Å². The number of hydrazone groups is 1. The fourth-order valence-electron chi connectivity index (χ4n) is 2.73. The monoisotopic (exact) mass is 436 g/mol. The summed E-state index contributed by atoms with van der Waals surface area (Å²) in [5.41, 5.74) is 5.40. The van der Waals surface area contributed by atoms with Gasteiger partial charge in [-0.15, -0.1) is 0 Å². The lowest BCUT2D eigenvalue weighted by Gasteiger charge is -2.13. The first-order valence-electron chi connectivity index (χ1n) is 10.1. The lowest BCUT2D eigenvalue weighted by molar-refractivity contribution is -0.123. The van der Waals surface area contributed by atoms with Crippen molar-refractivity contribution in [3.63, 3.8) is 0 Å². The van der Waals surface area contributed by atoms with Crippen molar-refractivity contribution < 1.29 is 14.3 Å². The van der Waals surface area contributed by atoms with Crippen LogP contribution >= 0.6 is 11.6 Å². The van der Waals surface area contributed by atoms with Crippen LogP contribution in [0.4, 0.5) is 0 Å². The molecule has 0 aliphatic rings. The molecule has 1 amide bonds. The maximum atomic E-state index is 12.0. The molecule has 0 heterocycles. The first kappa shape index (κ1) is 22.4. The summed E-state index contributed by atoms with van der Waals surface area (Å²) in [4.78, 5) is 12.0. The van der Waals surface area contributed by atoms with Crippen molar-refractivity contribution in [1.82, 2.24) is 5.43 Å². The van der Waals surface area contributed by atoms with Crippen LogP contribution in [0.5, 0.6) is 11.5 Å². The SMILES string of the molecule is CC[C@@H](C)Oc1ccc(/C=N/NC(=O)COc2ccc(-c3ccccc3)cc2)cc1Cl. The topological polar surface area (TPSA) is 59.9 Å². The van der Waals surface area contributed by atoms with Crippen molar-refractivity contribution in [3.05, 3.63) is 83.4 Å². The molecule has 0 aliphatic heterocycles. The molecule has 0 spiro atoms. The Kier molecular flexibility index (Phi) is 8.07. The number of benzene rings is 3. The lowest BCUT2D eigenvalue weighted by Crippen LogP contribution is -2.24. The highest BCUT2D eigenvalue weighted by molar-refractivity contribution is 6.32. The normalized spacial score (nSPS) is 11.8. The molecule has 0 unspecified atom stereocenters. The molecular weight excluding hydrogens is 412 g/mol. The van der Waals surface area contributed by atoms with Gasteiger partial charge in [-0.25, -0.2) is 5.43 Å². The molecule has 1 N–H and O–H groups in total. The van der Waals surface area contributed by atoms with Crippen molar-refractivity contribution >= 4 is 23.7 Å². The molecule has 0 saturated heterocycles. The molecule has 31 heavy (non-hydrogen) atoms. The summed E-state index contributed by atoms with van der Waals surface area (Å²) >= 11 is 6.25. The van der Waals surface area contributed by atoms with E-state index >= 15 is 0 Å². The number of rotatable bonds is 9. The number of nitrogens with zero attached hydrogens (tertiary/aromatic N) is 1. The predicted molar refractivity (Wildman–Crippen MR) is 125 cm³/mol. The number of nitrogens with one attached hydrogen (secondary N) is 1. The number of carbonyl (C=O) groups is 1. The molecule has 3 rings (SSSR count). The summed E-state index contributed by atoms with van der Waals surface area (Å²) in [6.07, 6.45) is 2.50. The minimum atomic E-state index is -0.355. The maximum absolute atomic E-state index is 12.0. The molecule has 0 saturated carbocycles. The summed E-state index contributed by atoms with van der Waals surface area (Å²) in [5.74, 6) is 0.887. The zero-order chi connectivity index (χ0) is 22.1. The van der Waals surface area contributed by atoms with Gasteiger partial charge in [0.1, 0.15) is 11.5 Å². The van der Waals surface area contributed by atoms with E-state index in [9.17, 15) is 4.79 Å². The van der Waals surface area contributed by atoms with E-state index in [0.29, 0.717) is 16.5 Å². The number of ether oxygens (including phenoxy) is 2. The van der Waals surface area contributed by atoms with Gasteiger partial charge in [0.25, 0.3) is 5.91 Å². The highest BCUT2D eigenvalue weighted by atomic mass is 35.5. The summed E-state index contributed by atoms with van der Waals surface area (Å²) in [6, 6.07) is 23.0. The Morgan fingerprint density at radius 1 is 1.06 bits per heavy atom. The lowest BCUT2D eigenvalue weighted by atomic mass is 10.1. The van der Waals surface area contributed by atoms with Crippen molar-refractivity contribution in [2.24, 2.45) is 5.10 Å². The fourth-order valence-corrected chi connectivity index (χ4v) is 2.96. The number of amides is 1. The van der Waals surface area contributed by atoms with E-state index in [1.807, 2.05) is 74.5 Å². The van der Waals surface area contributed by atoms with E-state index in [2.05, 4.69) is 10.5 Å². The highest BCUT2D eigenvalue weighted by Crippen LogP contribution is 2.26. The fraction of sp³-hybridized carbons (Fsp3) is 0.200. The van der Waals surface area contributed by atoms with E-state index in [4.69, 9.17) is 21.1 Å². The zero-order valence-corrected chi connectivity index (χ0v) is 18.3. The van der Waals surface area contributed by atoms with Crippen LogP contribution in [0.1, 0.15) is 25.8 Å². The standard InChI is InChI=1S/C25H25ClN2O3/c1-3-18(2)31-24-14-9-19(15-23(24)26)16-27-28-25(29)17-30-22-12-10-21(11-13-22)20-7-5-4-6-8-20/h4-16,18H,3,17H2,1-2H3,(H,28,29)/b27-16+/t18-/m1/s1. The van der Waals surface area contributed by atoms with Gasteiger partial charge in [0, 0.05) is 0 Å². The van der Waals surface area contributed by atoms with Crippen LogP contribution in [0.15, 0.2) is 77.9 Å². The van der Waals surface area contributed by atoms with Crippen LogP contribution in [-0.2, 0) is 4.79 Å². The molecule has 0 fully saturated rings. The van der Waals surface area contributed by atoms with Crippen molar-refractivity contribution in [1.29, 1.82) is 0 Å². The highest BCUT2D eigenvalue weighted by Gasteiger charge is 2.06. The molecule has 3 aromatic carbocycles. The molecule has 160 valence electrons. The van der Waals surface area contributed by atoms with Gasteiger partial charge in [0.15, 0.2) is 6.61 Å². The Morgan fingerprint density at radius 2 is 1.77 bits per heavy atom. The van der Waals surface area contributed by atoms with Gasteiger partial charge < -0.3 is 9.47 Å². The largest absolute Gasteiger partial charge is 0.489 e. The van der Waals surface area contributed by atoms with Crippen molar-refractivity contribution in [2.45, 2.75) is 26.4 Å². The summed E-state index contributed by atoms with van der Waals surface area (Å²) in [7, 11) is 0. The molecule has 0 aliphatic carbocycles. The van der Waals surface area contributed by atoms with Gasteiger partial charge in [0.05, 0.1) is 17.3 Å². The third-order valence-corrected chi connectivity index (χ3v) is 4.89. The maximum Gasteiger partial charge on any atom is 0.277 e. The van der Waals surface area contributed by atoms with E-state index in [1.165, 1.54) is 6.21 Å². The summed E-state index contributed by atoms with van der Waals surface area (Å²) in [6.45, 7) is 3.90. The van der Waals surface area contributed by atoms with Crippen LogP contribution in [0.3, 0.4) is 0 Å². The van der Waals surface area contributed by atoms with Gasteiger partial charge in [-0.2, -0.15) is 5.10 Å². The minimum Gasteiger partial charge on any atom is -0.489 e. The Balaban J connectivity index is 1.47. The number of hydrogen-bond donors (Lipinski definition) is 1. The Hall–Kier alpha value is -3.31. The molecule has 0 bridgehead atoms. The number of hydrogen-bond acceptors (Lipinski definition) is 4. The molecule has 6 heteroatoms. The van der Waals surface area contributed by atoms with Gasteiger partial charge in [-0.1, -0.05) is 61.0 Å². The molecule has 3 aromatic rings. The second-order valence-corrected chi connectivity index (χ2v) is 7.41. The second kappa shape index (κ2) is 11.2. The minimum absolute atomic E-state index is 0.0887. The average molecular weight is 437 g/mol. The molecular formula is C25H25ClN2O3. The predicted octanol–water partition coefficient (Wildman–Crippen LogP) is 5.71. The second-order valence-electron chi connectivity index (χ2n) is 7.00. The first-order valence-corrected chi connectivity index (χ1v) is 10.5. The Bertz CT molecular complexity index is 1020. The van der Waals surface area contributed by atoms with Gasteiger partial charge in [-0.05, 0) is 60.4 Å². The Morgan fingerprint density at radius 3 is 2.45 bits per heavy atom. The van der Waals surface area contributed by atoms with E-state index in [-0.39, 0.29) is 18.6 Å². The first-order chi connectivity index (χ1) is 15.0. The van der Waals surface area contributed by atoms with Crippen molar-refractivity contribution in [3.8, 4) is 22.6 Å². The van der Waals surface area contributed by atoms with E-state index < -0.39 is 0 Å². The van der Waals surface area contributed by atoms with Crippen LogP contribution in [-0.4, -0.2) is 24.8 Å². The van der Waals surface area contributed by atoms with Crippen LogP contribution in [0.2, 0.25) is 5.02 Å². The third kappa shape index (κ3) is 6.86. The smallest absolute Gasteiger partial charge is 0.277 e. The number of carbonyl (C=O) groups excluding carboxylic acids is 1. The van der Waals surface area contributed by atoms with Crippen molar-refractivity contribution in [2.75, 3.05) is 6.61 Å². The van der Waals surface area contributed by atoms with Gasteiger partial charge in [-0.3, -0.25) is 4.79 Å². The van der Waals surface area contributed by atoms with Crippen LogP contribution < -0.4 is 14.9 Å². The number of halogens is 1. The Labute approximate surface area is 187 Å². The molecule has 0 radical (unpaired) electrons. The summed E-state index contributed by atoms with van der Waals surface area (Å²) in [5, 5.41) is 4.45.